The highest BCUT2D eigenvalue weighted by molar-refractivity contribution is 6.33. The predicted molar refractivity (Wildman–Crippen MR) is 83.5 cm³/mol. The first-order valence-electron chi connectivity index (χ1n) is 6.47. The second kappa shape index (κ2) is 5.18. The molecule has 0 radical (unpaired) electrons. The third-order valence-electron chi connectivity index (χ3n) is 3.21. The Kier molecular flexibility index (Phi) is 3.35. The van der Waals surface area contributed by atoms with Gasteiger partial charge in [-0.1, -0.05) is 23.7 Å². The highest BCUT2D eigenvalue weighted by Gasteiger charge is 2.15. The van der Waals surface area contributed by atoms with Gasteiger partial charge >= 0.3 is 0 Å². The van der Waals surface area contributed by atoms with Crippen LogP contribution in [0.15, 0.2) is 36.4 Å². The van der Waals surface area contributed by atoms with Gasteiger partial charge in [-0.15, -0.1) is 5.10 Å². The number of aryl methyl sites for hydroxylation is 2. The van der Waals surface area contributed by atoms with E-state index in [1.807, 2.05) is 38.1 Å². The second-order valence-corrected chi connectivity index (χ2v) is 5.37. The van der Waals surface area contributed by atoms with E-state index in [2.05, 4.69) is 21.6 Å². The fraction of sp³-hybridized carbons (Fsp3) is 0.133. The molecule has 2 N–H and O–H groups in total. The van der Waals surface area contributed by atoms with E-state index in [-0.39, 0.29) is 0 Å². The van der Waals surface area contributed by atoms with Gasteiger partial charge in [-0.3, -0.25) is 0 Å². The smallest absolute Gasteiger partial charge is 0.189 e. The van der Waals surface area contributed by atoms with Gasteiger partial charge in [-0.25, -0.2) is 0 Å². The number of hydrogen-bond acceptors (Lipinski definition) is 4. The first-order chi connectivity index (χ1) is 10.1. The fourth-order valence-electron chi connectivity index (χ4n) is 2.33. The number of aromatic nitrogens is 4. The molecule has 0 spiro atoms. The number of hydrogen-bond donors (Lipinski definition) is 1. The largest absolute Gasteiger partial charge is 0.397 e. The van der Waals surface area contributed by atoms with E-state index in [1.54, 1.807) is 10.7 Å². The van der Waals surface area contributed by atoms with Gasteiger partial charge in [0.25, 0.3) is 0 Å². The summed E-state index contributed by atoms with van der Waals surface area (Å²) >= 11 is 6.08. The van der Waals surface area contributed by atoms with Crippen LogP contribution in [0.4, 0.5) is 5.69 Å². The molecule has 0 saturated heterocycles. The van der Waals surface area contributed by atoms with Crippen molar-refractivity contribution in [2.75, 3.05) is 5.73 Å². The van der Waals surface area contributed by atoms with Crippen LogP contribution in [0, 0.1) is 13.8 Å². The highest BCUT2D eigenvalue weighted by atomic mass is 35.5. The number of nitrogens with zero attached hydrogens (tertiary/aromatic N) is 4. The van der Waals surface area contributed by atoms with Crippen LogP contribution < -0.4 is 5.73 Å². The standard InChI is InChI=1S/C15H14ClN5/c1-9-6-10(2)8-11(7-9)21-15(18-19-20-21)12-4-3-5-13(16)14(12)17/h3-8H,17H2,1-2H3. The van der Waals surface area contributed by atoms with Crippen LogP contribution >= 0.6 is 11.6 Å². The number of nitrogens with two attached hydrogens (primary N) is 1. The summed E-state index contributed by atoms with van der Waals surface area (Å²) in [5, 5.41) is 12.4. The Labute approximate surface area is 127 Å². The zero-order valence-corrected chi connectivity index (χ0v) is 12.5. The van der Waals surface area contributed by atoms with Crippen molar-refractivity contribution in [3.05, 3.63) is 52.5 Å². The molecule has 2 aromatic carbocycles. The van der Waals surface area contributed by atoms with Gasteiger partial charge in [0.1, 0.15) is 0 Å². The Bertz CT molecular complexity index is 789. The minimum Gasteiger partial charge on any atom is -0.397 e. The summed E-state index contributed by atoms with van der Waals surface area (Å²) < 4.78 is 1.67. The van der Waals surface area contributed by atoms with Gasteiger partial charge < -0.3 is 5.73 Å². The van der Waals surface area contributed by atoms with Gasteiger partial charge in [-0.2, -0.15) is 4.68 Å². The maximum Gasteiger partial charge on any atom is 0.189 e. The first kappa shape index (κ1) is 13.6. The number of para-hydroxylation sites is 1. The lowest BCUT2D eigenvalue weighted by molar-refractivity contribution is 0.790. The number of tetrazole rings is 1. The van der Waals surface area contributed by atoms with E-state index in [1.165, 1.54) is 0 Å². The minimum atomic E-state index is 0.472. The molecule has 0 aliphatic heterocycles. The summed E-state index contributed by atoms with van der Waals surface area (Å²) in [7, 11) is 0. The average molecular weight is 300 g/mol. The van der Waals surface area contributed by atoms with Crippen molar-refractivity contribution < 1.29 is 0 Å². The Hall–Kier alpha value is -2.40. The maximum absolute atomic E-state index is 6.08. The molecule has 6 heteroatoms. The van der Waals surface area contributed by atoms with Crippen molar-refractivity contribution in [1.29, 1.82) is 0 Å². The lowest BCUT2D eigenvalue weighted by atomic mass is 10.1. The Morgan fingerprint density at radius 1 is 1.10 bits per heavy atom. The summed E-state index contributed by atoms with van der Waals surface area (Å²) in [4.78, 5) is 0. The molecule has 21 heavy (non-hydrogen) atoms. The molecular formula is C15H14ClN5. The molecule has 0 unspecified atom stereocenters. The zero-order valence-electron chi connectivity index (χ0n) is 11.7. The van der Waals surface area contributed by atoms with E-state index in [9.17, 15) is 0 Å². The maximum atomic E-state index is 6.08. The van der Waals surface area contributed by atoms with Crippen molar-refractivity contribution in [2.24, 2.45) is 0 Å². The number of halogens is 1. The van der Waals surface area contributed by atoms with Crippen LogP contribution in [0.3, 0.4) is 0 Å². The van der Waals surface area contributed by atoms with Crippen molar-refractivity contribution in [2.45, 2.75) is 13.8 Å². The quantitative estimate of drug-likeness (QED) is 0.738. The van der Waals surface area contributed by atoms with E-state index < -0.39 is 0 Å². The van der Waals surface area contributed by atoms with Gasteiger partial charge in [-0.05, 0) is 59.7 Å². The molecule has 0 amide bonds. The molecule has 3 aromatic rings. The molecule has 1 aromatic heterocycles. The van der Waals surface area contributed by atoms with Crippen LogP contribution in [-0.2, 0) is 0 Å². The number of anilines is 1. The highest BCUT2D eigenvalue weighted by Crippen LogP contribution is 2.30. The SMILES string of the molecule is Cc1cc(C)cc(-n2nnnc2-c2cccc(Cl)c2N)c1. The second-order valence-electron chi connectivity index (χ2n) is 4.96. The van der Waals surface area contributed by atoms with Crippen molar-refractivity contribution in [3.8, 4) is 17.1 Å². The molecule has 0 fully saturated rings. The van der Waals surface area contributed by atoms with Crippen LogP contribution in [0.1, 0.15) is 11.1 Å². The number of rotatable bonds is 2. The zero-order chi connectivity index (χ0) is 15.0. The minimum absolute atomic E-state index is 0.472. The number of nitrogen functional groups attached to an aromatic ring is 1. The van der Waals surface area contributed by atoms with Gasteiger partial charge in [0.15, 0.2) is 5.82 Å². The van der Waals surface area contributed by atoms with Crippen LogP contribution in [0.25, 0.3) is 17.1 Å². The van der Waals surface area contributed by atoms with Crippen molar-refractivity contribution in [3.63, 3.8) is 0 Å². The summed E-state index contributed by atoms with van der Waals surface area (Å²) in [6.45, 7) is 4.07. The van der Waals surface area contributed by atoms with Crippen molar-refractivity contribution >= 4 is 17.3 Å². The van der Waals surface area contributed by atoms with Gasteiger partial charge in [0.05, 0.1) is 16.4 Å². The lowest BCUT2D eigenvalue weighted by Gasteiger charge is -2.09. The Balaban J connectivity index is 2.19. The molecule has 0 aliphatic rings. The summed E-state index contributed by atoms with van der Waals surface area (Å²) in [5.74, 6) is 0.569. The van der Waals surface area contributed by atoms with Crippen LogP contribution in [-0.4, -0.2) is 20.2 Å². The molecule has 106 valence electrons. The van der Waals surface area contributed by atoms with E-state index in [0.29, 0.717) is 22.1 Å². The molecule has 0 aliphatic carbocycles. The normalized spacial score (nSPS) is 10.8. The van der Waals surface area contributed by atoms with Crippen molar-refractivity contribution in [1.82, 2.24) is 20.2 Å². The average Bonchev–Trinajstić information content (AvgIpc) is 2.90. The molecule has 1 heterocycles. The Morgan fingerprint density at radius 3 is 2.52 bits per heavy atom. The number of benzene rings is 2. The first-order valence-corrected chi connectivity index (χ1v) is 6.85. The molecule has 3 rings (SSSR count). The monoisotopic (exact) mass is 299 g/mol. The fourth-order valence-corrected chi connectivity index (χ4v) is 2.51. The van der Waals surface area contributed by atoms with E-state index in [4.69, 9.17) is 17.3 Å². The van der Waals surface area contributed by atoms with Gasteiger partial charge in [0, 0.05) is 5.56 Å². The molecule has 0 saturated carbocycles. The van der Waals surface area contributed by atoms with Gasteiger partial charge in [0.2, 0.25) is 0 Å². The summed E-state index contributed by atoms with van der Waals surface area (Å²) in [5.41, 5.74) is 10.4. The van der Waals surface area contributed by atoms with Crippen LogP contribution in [0.2, 0.25) is 5.02 Å². The third kappa shape index (κ3) is 2.48. The van der Waals surface area contributed by atoms with E-state index in [0.717, 1.165) is 16.8 Å². The molecule has 0 atom stereocenters. The van der Waals surface area contributed by atoms with Crippen LogP contribution in [0.5, 0.6) is 0 Å². The Morgan fingerprint density at radius 2 is 1.81 bits per heavy atom. The predicted octanol–water partition coefficient (Wildman–Crippen LogP) is 3.18. The third-order valence-corrected chi connectivity index (χ3v) is 3.54. The summed E-state index contributed by atoms with van der Waals surface area (Å²) in [6.07, 6.45) is 0. The molecule has 5 nitrogen and oxygen atoms in total. The molecule has 0 bridgehead atoms. The lowest BCUT2D eigenvalue weighted by Crippen LogP contribution is -2.02. The van der Waals surface area contributed by atoms with E-state index >= 15 is 0 Å². The summed E-state index contributed by atoms with van der Waals surface area (Å²) in [6, 6.07) is 11.6. The molecular weight excluding hydrogens is 286 g/mol. The topological polar surface area (TPSA) is 69.6 Å².